The Kier molecular flexibility index (Phi) is 4.26. The molecule has 1 atom stereocenters. The van der Waals surface area contributed by atoms with E-state index in [2.05, 4.69) is 0 Å². The predicted molar refractivity (Wildman–Crippen MR) is 92.3 cm³/mol. The fourth-order valence-corrected chi connectivity index (χ4v) is 3.91. The Balaban J connectivity index is 2.20. The van der Waals surface area contributed by atoms with Gasteiger partial charge in [-0.25, -0.2) is 4.39 Å². The van der Waals surface area contributed by atoms with Gasteiger partial charge in [0.25, 0.3) is 5.91 Å². The number of phenols is 1. The van der Waals surface area contributed by atoms with Crippen LogP contribution in [0.5, 0.6) is 5.75 Å². The minimum Gasteiger partial charge on any atom is -0.507 e. The Morgan fingerprint density at radius 1 is 1.33 bits per heavy atom. The molecule has 0 heterocycles. The smallest absolute Gasteiger partial charge is 0.252 e. The molecule has 0 saturated heterocycles. The van der Waals surface area contributed by atoms with Gasteiger partial charge < -0.3 is 10.8 Å². The molecule has 0 aliphatic heterocycles. The van der Waals surface area contributed by atoms with Crippen LogP contribution in [0.1, 0.15) is 64.7 Å². The Labute approximate surface area is 145 Å². The molecule has 0 unspecified atom stereocenters. The summed E-state index contributed by atoms with van der Waals surface area (Å²) in [6, 6.07) is 6.48. The molecular weight excluding hydrogens is 329 g/mol. The average Bonchev–Trinajstić information content (AvgIpc) is 2.89. The van der Waals surface area contributed by atoms with Crippen molar-refractivity contribution in [2.45, 2.75) is 38.5 Å². The zero-order valence-electron chi connectivity index (χ0n) is 13.6. The van der Waals surface area contributed by atoms with Crippen LogP contribution in [0.25, 0.3) is 0 Å². The van der Waals surface area contributed by atoms with Crippen LogP contribution in [0, 0.1) is 5.82 Å². The highest BCUT2D eigenvalue weighted by Gasteiger charge is 2.31. The fourth-order valence-electron chi connectivity index (χ4n) is 3.70. The van der Waals surface area contributed by atoms with Crippen LogP contribution in [0.15, 0.2) is 24.3 Å². The number of nitrogens with two attached hydrogens (primary N) is 1. The summed E-state index contributed by atoms with van der Waals surface area (Å²) >= 11 is 6.03. The third-order valence-corrected chi connectivity index (χ3v) is 4.94. The molecule has 1 amide bonds. The van der Waals surface area contributed by atoms with Crippen LogP contribution in [0.4, 0.5) is 4.39 Å². The van der Waals surface area contributed by atoms with Crippen molar-refractivity contribution in [1.29, 1.82) is 0 Å². The highest BCUT2D eigenvalue weighted by molar-refractivity contribution is 6.30. The van der Waals surface area contributed by atoms with E-state index < -0.39 is 5.91 Å². The maximum atomic E-state index is 14.2. The summed E-state index contributed by atoms with van der Waals surface area (Å²) in [5.41, 5.74) is 8.56. The van der Waals surface area contributed by atoms with Crippen LogP contribution < -0.4 is 5.73 Å². The molecule has 2 aromatic carbocycles. The minimum absolute atomic E-state index is 0.00705. The molecule has 24 heavy (non-hydrogen) atoms. The first-order valence-electron chi connectivity index (χ1n) is 7.94. The summed E-state index contributed by atoms with van der Waals surface area (Å²) in [5, 5.41) is 10.9. The normalized spacial score (nSPS) is 16.5. The maximum absolute atomic E-state index is 14.2. The lowest BCUT2D eigenvalue weighted by Gasteiger charge is -2.22. The molecule has 126 valence electrons. The van der Waals surface area contributed by atoms with Gasteiger partial charge in [-0.05, 0) is 53.6 Å². The monoisotopic (exact) mass is 347 g/mol. The van der Waals surface area contributed by atoms with E-state index in [0.717, 1.165) is 17.5 Å². The van der Waals surface area contributed by atoms with Crippen molar-refractivity contribution in [2.24, 2.45) is 5.73 Å². The highest BCUT2D eigenvalue weighted by Crippen LogP contribution is 2.45. The molecule has 3 rings (SSSR count). The molecule has 1 aliphatic rings. The first kappa shape index (κ1) is 16.8. The van der Waals surface area contributed by atoms with Crippen molar-refractivity contribution in [3.63, 3.8) is 0 Å². The van der Waals surface area contributed by atoms with Gasteiger partial charge in [0.15, 0.2) is 0 Å². The molecule has 5 heteroatoms. The van der Waals surface area contributed by atoms with Gasteiger partial charge in [-0.2, -0.15) is 0 Å². The Bertz CT molecular complexity index is 833. The van der Waals surface area contributed by atoms with Crippen molar-refractivity contribution in [1.82, 2.24) is 0 Å². The lowest BCUT2D eigenvalue weighted by molar-refractivity contribution is 0.0997. The molecule has 0 bridgehead atoms. The van der Waals surface area contributed by atoms with Crippen molar-refractivity contribution in [2.75, 3.05) is 0 Å². The van der Waals surface area contributed by atoms with Crippen LogP contribution in [0.3, 0.4) is 0 Å². The lowest BCUT2D eigenvalue weighted by Crippen LogP contribution is -2.14. The Morgan fingerprint density at radius 3 is 2.67 bits per heavy atom. The molecule has 2 aromatic rings. The largest absolute Gasteiger partial charge is 0.507 e. The molecule has 3 nitrogen and oxygen atoms in total. The number of fused-ring (bicyclic) bond motifs is 1. The SMILES string of the molecule is CC(C)c1c([C@H]2CCc3c(F)cc(Cl)cc32)ccc(C(N)=O)c1O. The lowest BCUT2D eigenvalue weighted by atomic mass is 9.83. The number of aromatic hydroxyl groups is 1. The first-order valence-corrected chi connectivity index (χ1v) is 8.32. The van der Waals surface area contributed by atoms with Gasteiger partial charge in [0.05, 0.1) is 5.56 Å². The minimum atomic E-state index is -0.665. The third kappa shape index (κ3) is 2.65. The summed E-state index contributed by atoms with van der Waals surface area (Å²) < 4.78 is 14.2. The zero-order chi connectivity index (χ0) is 17.6. The van der Waals surface area contributed by atoms with Gasteiger partial charge in [-0.3, -0.25) is 4.79 Å². The molecule has 0 saturated carbocycles. The van der Waals surface area contributed by atoms with Gasteiger partial charge in [0.2, 0.25) is 0 Å². The number of primary amides is 1. The second kappa shape index (κ2) is 6.10. The number of carbonyl (C=O) groups is 1. The van der Waals surface area contributed by atoms with Crippen LogP contribution in [-0.4, -0.2) is 11.0 Å². The summed E-state index contributed by atoms with van der Waals surface area (Å²) in [4.78, 5) is 11.5. The number of hydrogen-bond acceptors (Lipinski definition) is 2. The standard InChI is InChI=1S/C19H19ClFNO2/c1-9(2)17-13(5-6-14(18(17)23)19(22)24)11-3-4-12-15(11)7-10(20)8-16(12)21/h5-9,11,23H,3-4H2,1-2H3,(H2,22,24)/t11-/m1/s1. The van der Waals surface area contributed by atoms with E-state index in [0.29, 0.717) is 22.6 Å². The number of halogens is 2. The molecule has 0 spiro atoms. The summed E-state index contributed by atoms with van der Waals surface area (Å²) in [6.45, 7) is 3.88. The van der Waals surface area contributed by atoms with Gasteiger partial charge in [0, 0.05) is 16.5 Å². The quantitative estimate of drug-likeness (QED) is 0.859. The highest BCUT2D eigenvalue weighted by atomic mass is 35.5. The van der Waals surface area contributed by atoms with Crippen molar-refractivity contribution < 1.29 is 14.3 Å². The van der Waals surface area contributed by atoms with E-state index >= 15 is 0 Å². The average molecular weight is 348 g/mol. The van der Waals surface area contributed by atoms with Gasteiger partial charge in [-0.1, -0.05) is 31.5 Å². The second-order valence-corrected chi connectivity index (χ2v) is 6.97. The number of hydrogen-bond donors (Lipinski definition) is 2. The van der Waals surface area contributed by atoms with E-state index in [1.165, 1.54) is 12.1 Å². The van der Waals surface area contributed by atoms with E-state index in [-0.39, 0.29) is 29.0 Å². The van der Waals surface area contributed by atoms with E-state index in [9.17, 15) is 14.3 Å². The third-order valence-electron chi connectivity index (χ3n) is 4.72. The molecule has 0 aromatic heterocycles. The van der Waals surface area contributed by atoms with Crippen LogP contribution >= 0.6 is 11.6 Å². The molecule has 0 radical (unpaired) electrons. The zero-order valence-corrected chi connectivity index (χ0v) is 14.3. The summed E-state index contributed by atoms with van der Waals surface area (Å²) in [5.74, 6) is -1.09. The number of carbonyl (C=O) groups excluding carboxylic acids is 1. The van der Waals surface area contributed by atoms with E-state index in [1.54, 1.807) is 6.07 Å². The van der Waals surface area contributed by atoms with Crippen molar-refractivity contribution in [3.8, 4) is 5.75 Å². The maximum Gasteiger partial charge on any atom is 0.252 e. The van der Waals surface area contributed by atoms with E-state index in [4.69, 9.17) is 17.3 Å². The van der Waals surface area contributed by atoms with Gasteiger partial charge in [-0.15, -0.1) is 0 Å². The topological polar surface area (TPSA) is 63.3 Å². The number of benzene rings is 2. The van der Waals surface area contributed by atoms with Gasteiger partial charge in [0.1, 0.15) is 11.6 Å². The van der Waals surface area contributed by atoms with Crippen LogP contribution in [-0.2, 0) is 6.42 Å². The fraction of sp³-hybridized carbons (Fsp3) is 0.316. The Morgan fingerprint density at radius 2 is 2.04 bits per heavy atom. The predicted octanol–water partition coefficient (Wildman–Crippen LogP) is 4.49. The Hall–Kier alpha value is -2.07. The summed E-state index contributed by atoms with van der Waals surface area (Å²) in [6.07, 6.45) is 1.36. The van der Waals surface area contributed by atoms with E-state index in [1.807, 2.05) is 19.9 Å². The first-order chi connectivity index (χ1) is 11.3. The molecule has 1 aliphatic carbocycles. The van der Waals surface area contributed by atoms with Crippen LogP contribution in [0.2, 0.25) is 5.02 Å². The van der Waals surface area contributed by atoms with Gasteiger partial charge >= 0.3 is 0 Å². The molecule has 0 fully saturated rings. The van der Waals surface area contributed by atoms with Crippen molar-refractivity contribution >= 4 is 17.5 Å². The number of rotatable bonds is 3. The molecule has 3 N–H and O–H groups in total. The number of amides is 1. The second-order valence-electron chi connectivity index (χ2n) is 6.53. The summed E-state index contributed by atoms with van der Waals surface area (Å²) in [7, 11) is 0. The molecular formula is C19H19ClFNO2. The van der Waals surface area contributed by atoms with Crippen molar-refractivity contribution in [3.05, 3.63) is 62.9 Å².